The number of hydrogen-bond donors (Lipinski definition) is 0. The molecule has 2 rings (SSSR count). The summed E-state index contributed by atoms with van der Waals surface area (Å²) in [5.41, 5.74) is 1.15. The van der Waals surface area contributed by atoms with E-state index in [4.69, 9.17) is 4.74 Å². The molecule has 0 heterocycles. The van der Waals surface area contributed by atoms with Gasteiger partial charge in [0.15, 0.2) is 6.61 Å². The van der Waals surface area contributed by atoms with Crippen LogP contribution < -0.4 is 4.90 Å². The van der Waals surface area contributed by atoms with Gasteiger partial charge in [-0.3, -0.25) is 4.79 Å². The third kappa shape index (κ3) is 3.92. The number of carbonyl (C=O) groups is 2. The maximum atomic E-state index is 12.0. The molecule has 0 aliphatic carbocycles. The first-order chi connectivity index (χ1) is 10.1. The van der Waals surface area contributed by atoms with Crippen molar-refractivity contribution in [2.75, 3.05) is 18.6 Å². The van der Waals surface area contributed by atoms with Crippen LogP contribution in [0.4, 0.5) is 5.69 Å². The number of para-hydroxylation sites is 1. The van der Waals surface area contributed by atoms with Crippen molar-refractivity contribution in [3.05, 3.63) is 64.6 Å². The molecule has 0 unspecified atom stereocenters. The second-order valence-corrected chi connectivity index (χ2v) is 5.20. The van der Waals surface area contributed by atoms with Gasteiger partial charge < -0.3 is 9.64 Å². The highest BCUT2D eigenvalue weighted by atomic mass is 79.9. The second-order valence-electron chi connectivity index (χ2n) is 4.34. The van der Waals surface area contributed by atoms with Crippen LogP contribution >= 0.6 is 15.9 Å². The lowest BCUT2D eigenvalue weighted by Crippen LogP contribution is -2.31. The quantitative estimate of drug-likeness (QED) is 0.797. The third-order valence-electron chi connectivity index (χ3n) is 2.94. The minimum Gasteiger partial charge on any atom is -0.452 e. The molecule has 0 fully saturated rings. The highest BCUT2D eigenvalue weighted by Gasteiger charge is 2.15. The van der Waals surface area contributed by atoms with E-state index in [1.165, 1.54) is 4.90 Å². The molecule has 2 aromatic carbocycles. The van der Waals surface area contributed by atoms with Crippen LogP contribution in [-0.4, -0.2) is 25.5 Å². The number of likely N-dealkylation sites (N-methyl/N-ethyl adjacent to an activating group) is 1. The lowest BCUT2D eigenvalue weighted by molar-refractivity contribution is -0.121. The maximum absolute atomic E-state index is 12.0. The van der Waals surface area contributed by atoms with E-state index in [9.17, 15) is 9.59 Å². The van der Waals surface area contributed by atoms with Crippen molar-refractivity contribution < 1.29 is 14.3 Å². The summed E-state index contributed by atoms with van der Waals surface area (Å²) in [7, 11) is 1.64. The Bertz CT molecular complexity index is 643. The van der Waals surface area contributed by atoms with Gasteiger partial charge >= 0.3 is 5.97 Å². The smallest absolute Gasteiger partial charge is 0.339 e. The Morgan fingerprint density at radius 3 is 2.33 bits per heavy atom. The van der Waals surface area contributed by atoms with E-state index in [2.05, 4.69) is 15.9 Å². The Hall–Kier alpha value is -2.14. The van der Waals surface area contributed by atoms with Gasteiger partial charge in [0.1, 0.15) is 0 Å². The van der Waals surface area contributed by atoms with Gasteiger partial charge in [0.05, 0.1) is 5.56 Å². The first-order valence-electron chi connectivity index (χ1n) is 6.33. The van der Waals surface area contributed by atoms with Crippen molar-refractivity contribution in [3.8, 4) is 0 Å². The number of hydrogen-bond acceptors (Lipinski definition) is 3. The number of amides is 1. The standard InChI is InChI=1S/C16H14BrNO3/c1-18(12-7-3-2-4-8-12)15(19)11-21-16(20)13-9-5-6-10-14(13)17/h2-10H,11H2,1H3. The van der Waals surface area contributed by atoms with Crippen LogP contribution in [-0.2, 0) is 9.53 Å². The van der Waals surface area contributed by atoms with E-state index in [0.717, 1.165) is 5.69 Å². The van der Waals surface area contributed by atoms with Gasteiger partial charge in [-0.1, -0.05) is 30.3 Å². The molecule has 108 valence electrons. The molecule has 1 amide bonds. The van der Waals surface area contributed by atoms with E-state index >= 15 is 0 Å². The van der Waals surface area contributed by atoms with Crippen molar-refractivity contribution >= 4 is 33.5 Å². The summed E-state index contributed by atoms with van der Waals surface area (Å²) in [5, 5.41) is 0. The molecular weight excluding hydrogens is 334 g/mol. The normalized spacial score (nSPS) is 10.0. The van der Waals surface area contributed by atoms with E-state index in [1.807, 2.05) is 30.3 Å². The number of carbonyl (C=O) groups excluding carboxylic acids is 2. The molecule has 5 heteroatoms. The average molecular weight is 348 g/mol. The van der Waals surface area contributed by atoms with Crippen molar-refractivity contribution in [2.24, 2.45) is 0 Å². The van der Waals surface area contributed by atoms with Crippen molar-refractivity contribution in [3.63, 3.8) is 0 Å². The van der Waals surface area contributed by atoms with Crippen molar-refractivity contribution in [1.29, 1.82) is 0 Å². The minimum atomic E-state index is -0.530. The second kappa shape index (κ2) is 7.04. The van der Waals surface area contributed by atoms with Gasteiger partial charge in [-0.05, 0) is 40.2 Å². The first-order valence-corrected chi connectivity index (χ1v) is 7.12. The predicted octanol–water partition coefficient (Wildman–Crippen LogP) is 3.27. The van der Waals surface area contributed by atoms with Crippen LogP contribution in [0.2, 0.25) is 0 Å². The summed E-state index contributed by atoms with van der Waals surface area (Å²) in [5.74, 6) is -0.820. The van der Waals surface area contributed by atoms with Gasteiger partial charge in [-0.2, -0.15) is 0 Å². The van der Waals surface area contributed by atoms with E-state index in [1.54, 1.807) is 31.3 Å². The molecular formula is C16H14BrNO3. The summed E-state index contributed by atoms with van der Waals surface area (Å²) in [4.78, 5) is 25.4. The molecule has 21 heavy (non-hydrogen) atoms. The topological polar surface area (TPSA) is 46.6 Å². The fourth-order valence-corrected chi connectivity index (χ4v) is 2.17. The van der Waals surface area contributed by atoms with Crippen LogP contribution in [0.1, 0.15) is 10.4 Å². The van der Waals surface area contributed by atoms with Gasteiger partial charge in [-0.15, -0.1) is 0 Å². The lowest BCUT2D eigenvalue weighted by atomic mass is 10.2. The van der Waals surface area contributed by atoms with Crippen molar-refractivity contribution in [1.82, 2.24) is 0 Å². The van der Waals surface area contributed by atoms with E-state index in [0.29, 0.717) is 10.0 Å². The molecule has 0 saturated heterocycles. The molecule has 0 saturated carbocycles. The number of nitrogens with zero attached hydrogens (tertiary/aromatic N) is 1. The highest BCUT2D eigenvalue weighted by Crippen LogP contribution is 2.17. The zero-order valence-electron chi connectivity index (χ0n) is 11.5. The largest absolute Gasteiger partial charge is 0.452 e. The Morgan fingerprint density at radius 1 is 1.05 bits per heavy atom. The summed E-state index contributed by atoms with van der Waals surface area (Å²) < 4.78 is 5.69. The van der Waals surface area contributed by atoms with Crippen LogP contribution in [0.25, 0.3) is 0 Å². The molecule has 0 spiro atoms. The number of anilines is 1. The Kier molecular flexibility index (Phi) is 5.11. The van der Waals surface area contributed by atoms with E-state index in [-0.39, 0.29) is 12.5 Å². The zero-order valence-corrected chi connectivity index (χ0v) is 13.0. The number of rotatable bonds is 4. The minimum absolute atomic E-state index is 0.290. The third-order valence-corrected chi connectivity index (χ3v) is 3.63. The van der Waals surface area contributed by atoms with Crippen molar-refractivity contribution in [2.45, 2.75) is 0 Å². The average Bonchev–Trinajstić information content (AvgIpc) is 2.52. The van der Waals surface area contributed by atoms with Crippen LogP contribution in [0, 0.1) is 0 Å². The number of halogens is 1. The molecule has 0 radical (unpaired) electrons. The fourth-order valence-electron chi connectivity index (χ4n) is 1.72. The number of benzene rings is 2. The molecule has 0 aromatic heterocycles. The predicted molar refractivity (Wildman–Crippen MR) is 84.3 cm³/mol. The van der Waals surface area contributed by atoms with Gasteiger partial charge in [0, 0.05) is 17.2 Å². The molecule has 0 N–H and O–H groups in total. The lowest BCUT2D eigenvalue weighted by Gasteiger charge is -2.17. The maximum Gasteiger partial charge on any atom is 0.339 e. The Morgan fingerprint density at radius 2 is 1.67 bits per heavy atom. The molecule has 2 aromatic rings. The molecule has 0 bridgehead atoms. The van der Waals surface area contributed by atoms with Crippen LogP contribution in [0.15, 0.2) is 59.1 Å². The first kappa shape index (κ1) is 15.3. The number of ether oxygens (including phenoxy) is 1. The highest BCUT2D eigenvalue weighted by molar-refractivity contribution is 9.10. The van der Waals surface area contributed by atoms with E-state index < -0.39 is 5.97 Å². The summed E-state index contributed by atoms with van der Waals surface area (Å²) >= 11 is 3.27. The van der Waals surface area contributed by atoms with Crippen LogP contribution in [0.5, 0.6) is 0 Å². The van der Waals surface area contributed by atoms with Crippen LogP contribution in [0.3, 0.4) is 0 Å². The molecule has 0 atom stereocenters. The molecule has 0 aliphatic heterocycles. The summed E-state index contributed by atoms with van der Waals surface area (Å²) in [6.45, 7) is -0.300. The fraction of sp³-hybridized carbons (Fsp3) is 0.125. The van der Waals surface area contributed by atoms with Gasteiger partial charge in [-0.25, -0.2) is 4.79 Å². The molecule has 4 nitrogen and oxygen atoms in total. The number of esters is 1. The Labute approximate surface area is 131 Å². The monoisotopic (exact) mass is 347 g/mol. The SMILES string of the molecule is CN(C(=O)COC(=O)c1ccccc1Br)c1ccccc1. The van der Waals surface area contributed by atoms with Gasteiger partial charge in [0.25, 0.3) is 5.91 Å². The summed E-state index contributed by atoms with van der Waals surface area (Å²) in [6, 6.07) is 16.1. The molecule has 0 aliphatic rings. The van der Waals surface area contributed by atoms with Gasteiger partial charge in [0.2, 0.25) is 0 Å². The summed E-state index contributed by atoms with van der Waals surface area (Å²) in [6.07, 6.45) is 0. The Balaban J connectivity index is 1.95. The zero-order chi connectivity index (χ0) is 15.2.